The quantitative estimate of drug-likeness (QED) is 0.503. The molecular weight excluding hydrogens is 342 g/mol. The van der Waals surface area contributed by atoms with E-state index < -0.39 is 0 Å². The van der Waals surface area contributed by atoms with Gasteiger partial charge in [0.05, 0.1) is 10.7 Å². The van der Waals surface area contributed by atoms with E-state index in [-0.39, 0.29) is 5.92 Å². The molecule has 0 amide bonds. The lowest BCUT2D eigenvalue weighted by Gasteiger charge is -2.26. The van der Waals surface area contributed by atoms with E-state index >= 15 is 0 Å². The van der Waals surface area contributed by atoms with Gasteiger partial charge in [0, 0.05) is 16.1 Å². The molecule has 2 atom stereocenters. The fourth-order valence-corrected chi connectivity index (χ4v) is 5.41. The van der Waals surface area contributed by atoms with Crippen molar-refractivity contribution in [1.29, 1.82) is 0 Å². The summed E-state index contributed by atoms with van der Waals surface area (Å²) in [5.41, 5.74) is 3.75. The van der Waals surface area contributed by atoms with Gasteiger partial charge >= 0.3 is 0 Å². The van der Waals surface area contributed by atoms with Crippen LogP contribution in [-0.4, -0.2) is 11.3 Å². The van der Waals surface area contributed by atoms with E-state index in [1.807, 2.05) is 11.8 Å². The van der Waals surface area contributed by atoms with Gasteiger partial charge in [-0.15, -0.1) is 23.5 Å². The van der Waals surface area contributed by atoms with Crippen LogP contribution in [0.3, 0.4) is 0 Å². The molecule has 4 rings (SSSR count). The van der Waals surface area contributed by atoms with Crippen molar-refractivity contribution in [1.82, 2.24) is 0 Å². The summed E-state index contributed by atoms with van der Waals surface area (Å²) in [6, 6.07) is 30.1. The summed E-state index contributed by atoms with van der Waals surface area (Å²) in [7, 11) is 0. The Morgan fingerprint density at radius 2 is 1.36 bits per heavy atom. The zero-order valence-corrected chi connectivity index (χ0v) is 15.6. The van der Waals surface area contributed by atoms with Gasteiger partial charge in [-0.1, -0.05) is 72.8 Å². The number of aliphatic imine (C=N–C) groups is 1. The van der Waals surface area contributed by atoms with Crippen LogP contribution in [0.1, 0.15) is 22.3 Å². The maximum absolute atomic E-state index is 5.05. The average molecular weight is 362 g/mol. The van der Waals surface area contributed by atoms with E-state index in [1.165, 1.54) is 21.1 Å². The molecule has 1 aliphatic heterocycles. The molecule has 124 valence electrons. The van der Waals surface area contributed by atoms with Gasteiger partial charge in [0.2, 0.25) is 0 Å². The lowest BCUT2D eigenvalue weighted by molar-refractivity contribution is 0.867. The molecule has 1 heterocycles. The molecule has 0 aromatic heterocycles. The molecule has 0 N–H and O–H groups in total. The molecule has 0 saturated heterocycles. The Balaban J connectivity index is 1.90. The van der Waals surface area contributed by atoms with Crippen LogP contribution < -0.4 is 0 Å². The Labute approximate surface area is 157 Å². The first-order valence-electron chi connectivity index (χ1n) is 8.35. The molecule has 0 bridgehead atoms. The van der Waals surface area contributed by atoms with Gasteiger partial charge in [-0.25, -0.2) is 4.99 Å². The van der Waals surface area contributed by atoms with E-state index in [0.29, 0.717) is 5.25 Å². The minimum atomic E-state index is 0.246. The maximum atomic E-state index is 5.05. The minimum absolute atomic E-state index is 0.246. The Morgan fingerprint density at radius 1 is 0.760 bits per heavy atom. The third-order valence-corrected chi connectivity index (χ3v) is 6.58. The zero-order valence-electron chi connectivity index (χ0n) is 14.0. The molecule has 0 saturated carbocycles. The first-order chi connectivity index (χ1) is 12.4. The molecule has 1 aliphatic rings. The van der Waals surface area contributed by atoms with Gasteiger partial charge in [-0.3, -0.25) is 0 Å². The first kappa shape index (κ1) is 16.5. The molecule has 0 aliphatic carbocycles. The van der Waals surface area contributed by atoms with Crippen molar-refractivity contribution < 1.29 is 0 Å². The number of benzene rings is 3. The average Bonchev–Trinajstić information content (AvgIpc) is 2.86. The van der Waals surface area contributed by atoms with Crippen molar-refractivity contribution in [3.63, 3.8) is 0 Å². The topological polar surface area (TPSA) is 12.4 Å². The van der Waals surface area contributed by atoms with Crippen LogP contribution in [0.25, 0.3) is 0 Å². The Morgan fingerprint density at radius 3 is 2.04 bits per heavy atom. The van der Waals surface area contributed by atoms with Gasteiger partial charge in [-0.05, 0) is 29.5 Å². The predicted molar refractivity (Wildman–Crippen MR) is 111 cm³/mol. The summed E-state index contributed by atoms with van der Waals surface area (Å²) >= 11 is 3.69. The van der Waals surface area contributed by atoms with E-state index in [1.54, 1.807) is 11.8 Å². The van der Waals surface area contributed by atoms with Crippen molar-refractivity contribution in [2.45, 2.75) is 16.1 Å². The number of hydrogen-bond acceptors (Lipinski definition) is 3. The number of hydrogen-bond donors (Lipinski definition) is 0. The molecule has 0 fully saturated rings. The van der Waals surface area contributed by atoms with Crippen molar-refractivity contribution >= 4 is 34.3 Å². The number of nitrogens with zero attached hydrogens (tertiary/aromatic N) is 1. The largest absolute Gasteiger partial charge is 0.245 e. The van der Waals surface area contributed by atoms with Crippen molar-refractivity contribution in [2.75, 3.05) is 6.26 Å². The standard InChI is InChI=1S/C22H19NS2/c1-24-22-20(16-10-4-2-5-11-16)21(17-12-6-3-7-13-17)25-19-15-9-8-14-18(19)23-22/h2-15,20-21H,1H3/t20-,21-/m1/s1. The van der Waals surface area contributed by atoms with Crippen LogP contribution >= 0.6 is 23.5 Å². The van der Waals surface area contributed by atoms with E-state index in [4.69, 9.17) is 4.99 Å². The zero-order chi connectivity index (χ0) is 17.1. The van der Waals surface area contributed by atoms with Gasteiger partial charge in [0.25, 0.3) is 0 Å². The highest BCUT2D eigenvalue weighted by atomic mass is 32.2. The lowest BCUT2D eigenvalue weighted by atomic mass is 9.92. The molecule has 3 aromatic carbocycles. The third-order valence-electron chi connectivity index (χ3n) is 4.41. The Hall–Kier alpha value is -1.97. The molecule has 1 nitrogen and oxygen atoms in total. The molecule has 0 spiro atoms. The summed E-state index contributed by atoms with van der Waals surface area (Å²) < 4.78 is 0. The molecule has 3 heteroatoms. The summed E-state index contributed by atoms with van der Waals surface area (Å²) in [5, 5.41) is 1.48. The highest BCUT2D eigenvalue weighted by Gasteiger charge is 2.32. The number of rotatable bonds is 2. The van der Waals surface area contributed by atoms with Crippen LogP contribution in [0.4, 0.5) is 5.69 Å². The third kappa shape index (κ3) is 3.39. The van der Waals surface area contributed by atoms with Gasteiger partial charge in [-0.2, -0.15) is 0 Å². The first-order valence-corrected chi connectivity index (χ1v) is 10.5. The van der Waals surface area contributed by atoms with Gasteiger partial charge < -0.3 is 0 Å². The van der Waals surface area contributed by atoms with Crippen LogP contribution in [0.5, 0.6) is 0 Å². The summed E-state index contributed by atoms with van der Waals surface area (Å²) in [6.45, 7) is 0. The summed E-state index contributed by atoms with van der Waals surface area (Å²) in [5.74, 6) is 0.246. The molecule has 0 unspecified atom stereocenters. The number of thioether (sulfide) groups is 2. The highest BCUT2D eigenvalue weighted by Crippen LogP contribution is 2.52. The normalized spacial score (nSPS) is 19.6. The monoisotopic (exact) mass is 361 g/mol. The second-order valence-electron chi connectivity index (χ2n) is 5.96. The molecule has 3 aromatic rings. The highest BCUT2D eigenvalue weighted by molar-refractivity contribution is 8.13. The molecule has 25 heavy (non-hydrogen) atoms. The van der Waals surface area contributed by atoms with Gasteiger partial charge in [0.15, 0.2) is 0 Å². The van der Waals surface area contributed by atoms with Gasteiger partial charge in [0.1, 0.15) is 0 Å². The van der Waals surface area contributed by atoms with Crippen LogP contribution in [0, 0.1) is 0 Å². The fourth-order valence-electron chi connectivity index (χ4n) is 3.23. The summed E-state index contributed by atoms with van der Waals surface area (Å²) in [4.78, 5) is 6.30. The van der Waals surface area contributed by atoms with Crippen molar-refractivity contribution in [3.8, 4) is 0 Å². The van der Waals surface area contributed by atoms with Crippen molar-refractivity contribution in [3.05, 3.63) is 96.1 Å². The maximum Gasteiger partial charge on any atom is 0.0826 e. The van der Waals surface area contributed by atoms with Crippen molar-refractivity contribution in [2.24, 2.45) is 4.99 Å². The lowest BCUT2D eigenvalue weighted by Crippen LogP contribution is -2.15. The van der Waals surface area contributed by atoms with E-state index in [2.05, 4.69) is 91.2 Å². The van der Waals surface area contributed by atoms with Crippen LogP contribution in [-0.2, 0) is 0 Å². The SMILES string of the molecule is CSC1=Nc2ccccc2S[C@H](c2ccccc2)[C@H]1c1ccccc1. The van der Waals surface area contributed by atoms with E-state index in [0.717, 1.165) is 5.69 Å². The second-order valence-corrected chi connectivity index (χ2v) is 7.97. The molecular formula is C22H19NS2. The van der Waals surface area contributed by atoms with Crippen LogP contribution in [0.2, 0.25) is 0 Å². The van der Waals surface area contributed by atoms with E-state index in [9.17, 15) is 0 Å². The fraction of sp³-hybridized carbons (Fsp3) is 0.136. The molecule has 0 radical (unpaired) electrons. The Bertz CT molecular complexity index is 875. The summed E-state index contributed by atoms with van der Waals surface area (Å²) in [6.07, 6.45) is 2.13. The van der Waals surface area contributed by atoms with Crippen LogP contribution in [0.15, 0.2) is 94.8 Å². The minimum Gasteiger partial charge on any atom is -0.245 e. The Kier molecular flexibility index (Phi) is 4.95. The predicted octanol–water partition coefficient (Wildman–Crippen LogP) is 6.71. The second kappa shape index (κ2) is 7.51. The number of fused-ring (bicyclic) bond motifs is 1. The number of para-hydroxylation sites is 1. The smallest absolute Gasteiger partial charge is 0.0826 e.